The van der Waals surface area contributed by atoms with Gasteiger partial charge >= 0.3 is 5.97 Å². The molecule has 4 heteroatoms. The predicted molar refractivity (Wildman–Crippen MR) is 68.3 cm³/mol. The number of aryl methyl sites for hydroxylation is 3. The molecule has 0 fully saturated rings. The van der Waals surface area contributed by atoms with Crippen LogP contribution in [0.25, 0.3) is 5.76 Å². The zero-order chi connectivity index (χ0) is 13.9. The van der Waals surface area contributed by atoms with E-state index in [4.69, 9.17) is 0 Å². The van der Waals surface area contributed by atoms with Crippen LogP contribution in [0.1, 0.15) is 22.3 Å². The van der Waals surface area contributed by atoms with Crippen molar-refractivity contribution in [1.29, 1.82) is 0 Å². The first kappa shape index (κ1) is 14.0. The van der Waals surface area contributed by atoms with E-state index in [1.54, 1.807) is 0 Å². The Morgan fingerprint density at radius 3 is 2.11 bits per heavy atom. The quantitative estimate of drug-likeness (QED) is 0.385. The third-order valence-corrected chi connectivity index (χ3v) is 2.59. The molecule has 0 radical (unpaired) electrons. The summed E-state index contributed by atoms with van der Waals surface area (Å²) in [6, 6.07) is 3.80. The molecule has 0 amide bonds. The zero-order valence-corrected chi connectivity index (χ0v) is 10.9. The summed E-state index contributed by atoms with van der Waals surface area (Å²) in [5.41, 5.74) is 3.33. The second-order valence-electron chi connectivity index (χ2n) is 4.16. The summed E-state index contributed by atoms with van der Waals surface area (Å²) in [5, 5.41) is 9.92. The standard InChI is InChI=1S/C14H16O4/c1-8-5-9(2)13(10(3)6-8)11(15)7-12(16)14(17)18-4/h5-7,15H,1-4H3. The highest BCUT2D eigenvalue weighted by Gasteiger charge is 2.15. The van der Waals surface area contributed by atoms with Crippen molar-refractivity contribution in [2.75, 3.05) is 7.11 Å². The van der Waals surface area contributed by atoms with Crippen LogP contribution in [-0.2, 0) is 14.3 Å². The number of aliphatic hydroxyl groups excluding tert-OH is 1. The molecule has 0 unspecified atom stereocenters. The lowest BCUT2D eigenvalue weighted by Gasteiger charge is -2.10. The highest BCUT2D eigenvalue weighted by molar-refractivity contribution is 6.39. The van der Waals surface area contributed by atoms with Gasteiger partial charge in [-0.2, -0.15) is 0 Å². The van der Waals surface area contributed by atoms with Crippen molar-refractivity contribution < 1.29 is 19.4 Å². The Balaban J connectivity index is 3.19. The smallest absolute Gasteiger partial charge is 0.378 e. The summed E-state index contributed by atoms with van der Waals surface area (Å²) < 4.78 is 4.28. The van der Waals surface area contributed by atoms with Crippen LogP contribution < -0.4 is 0 Å². The highest BCUT2D eigenvalue weighted by atomic mass is 16.5. The van der Waals surface area contributed by atoms with Crippen molar-refractivity contribution in [3.8, 4) is 0 Å². The molecular formula is C14H16O4. The third-order valence-electron chi connectivity index (χ3n) is 2.59. The molecule has 0 saturated carbocycles. The molecule has 0 aliphatic carbocycles. The molecule has 18 heavy (non-hydrogen) atoms. The molecule has 0 spiro atoms. The molecule has 4 nitrogen and oxygen atoms in total. The maximum Gasteiger partial charge on any atom is 0.378 e. The summed E-state index contributed by atoms with van der Waals surface area (Å²) in [5.74, 6) is -2.10. The SMILES string of the molecule is COC(=O)C(=O)C=C(O)c1c(C)cc(C)cc1C. The van der Waals surface area contributed by atoms with Crippen LogP contribution in [0.5, 0.6) is 0 Å². The van der Waals surface area contributed by atoms with E-state index in [0.29, 0.717) is 5.56 Å². The Labute approximate surface area is 106 Å². The monoisotopic (exact) mass is 248 g/mol. The van der Waals surface area contributed by atoms with Crippen molar-refractivity contribution in [2.24, 2.45) is 0 Å². The minimum absolute atomic E-state index is 0.222. The predicted octanol–water partition coefficient (Wildman–Crippen LogP) is 2.25. The van der Waals surface area contributed by atoms with E-state index in [9.17, 15) is 14.7 Å². The van der Waals surface area contributed by atoms with Crippen molar-refractivity contribution in [2.45, 2.75) is 20.8 Å². The van der Waals surface area contributed by atoms with Gasteiger partial charge in [-0.05, 0) is 31.9 Å². The van der Waals surface area contributed by atoms with Crippen LogP contribution in [0, 0.1) is 20.8 Å². The van der Waals surface area contributed by atoms with Crippen LogP contribution in [0.4, 0.5) is 0 Å². The molecule has 0 atom stereocenters. The number of aliphatic hydroxyl groups is 1. The summed E-state index contributed by atoms with van der Waals surface area (Å²) in [7, 11) is 1.12. The molecule has 1 aromatic rings. The largest absolute Gasteiger partial charge is 0.507 e. The number of methoxy groups -OCH3 is 1. The van der Waals surface area contributed by atoms with E-state index in [1.165, 1.54) is 0 Å². The molecule has 0 saturated heterocycles. The van der Waals surface area contributed by atoms with Crippen LogP contribution >= 0.6 is 0 Å². The lowest BCUT2D eigenvalue weighted by molar-refractivity contribution is -0.149. The summed E-state index contributed by atoms with van der Waals surface area (Å²) in [6.07, 6.45) is 0.885. The van der Waals surface area contributed by atoms with E-state index in [2.05, 4.69) is 4.74 Å². The van der Waals surface area contributed by atoms with Crippen molar-refractivity contribution in [3.63, 3.8) is 0 Å². The average molecular weight is 248 g/mol. The van der Waals surface area contributed by atoms with E-state index >= 15 is 0 Å². The molecule has 0 aliphatic heterocycles. The van der Waals surface area contributed by atoms with Gasteiger partial charge in [-0.3, -0.25) is 4.79 Å². The van der Waals surface area contributed by atoms with Gasteiger partial charge in [-0.15, -0.1) is 0 Å². The average Bonchev–Trinajstić information content (AvgIpc) is 2.26. The molecule has 0 aromatic heterocycles. The minimum Gasteiger partial charge on any atom is -0.507 e. The Morgan fingerprint density at radius 2 is 1.67 bits per heavy atom. The summed E-state index contributed by atoms with van der Waals surface area (Å²) >= 11 is 0. The molecule has 1 aromatic carbocycles. The van der Waals surface area contributed by atoms with Gasteiger partial charge in [0.15, 0.2) is 0 Å². The summed E-state index contributed by atoms with van der Waals surface area (Å²) in [4.78, 5) is 22.3. The van der Waals surface area contributed by atoms with Crippen LogP contribution in [0.15, 0.2) is 18.2 Å². The number of hydrogen-bond acceptors (Lipinski definition) is 4. The van der Waals surface area contributed by atoms with Crippen LogP contribution in [0.2, 0.25) is 0 Å². The molecule has 0 bridgehead atoms. The van der Waals surface area contributed by atoms with Gasteiger partial charge in [0.25, 0.3) is 5.78 Å². The first-order chi connectivity index (χ1) is 8.36. The maximum absolute atomic E-state index is 11.3. The molecule has 1 rings (SSSR count). The first-order valence-corrected chi connectivity index (χ1v) is 5.48. The number of rotatable bonds is 3. The third kappa shape index (κ3) is 2.97. The lowest BCUT2D eigenvalue weighted by atomic mass is 9.98. The van der Waals surface area contributed by atoms with E-state index in [1.807, 2.05) is 32.9 Å². The van der Waals surface area contributed by atoms with E-state index < -0.39 is 11.8 Å². The fourth-order valence-electron chi connectivity index (χ4n) is 1.94. The van der Waals surface area contributed by atoms with Gasteiger partial charge in [-0.25, -0.2) is 4.79 Å². The summed E-state index contributed by atoms with van der Waals surface area (Å²) in [6.45, 7) is 5.62. The second-order valence-corrected chi connectivity index (χ2v) is 4.16. The number of benzene rings is 1. The van der Waals surface area contributed by atoms with E-state index in [0.717, 1.165) is 29.9 Å². The molecule has 0 aliphatic rings. The van der Waals surface area contributed by atoms with E-state index in [-0.39, 0.29) is 5.76 Å². The van der Waals surface area contributed by atoms with Gasteiger partial charge < -0.3 is 9.84 Å². The number of carbonyl (C=O) groups excluding carboxylic acids is 2. The fourth-order valence-corrected chi connectivity index (χ4v) is 1.94. The zero-order valence-electron chi connectivity index (χ0n) is 10.9. The number of ketones is 1. The van der Waals surface area contributed by atoms with Crippen LogP contribution in [-0.4, -0.2) is 24.0 Å². The van der Waals surface area contributed by atoms with Gasteiger partial charge in [0, 0.05) is 11.6 Å². The van der Waals surface area contributed by atoms with Crippen molar-refractivity contribution >= 4 is 17.5 Å². The Morgan fingerprint density at radius 1 is 1.17 bits per heavy atom. The maximum atomic E-state index is 11.3. The molecule has 1 N–H and O–H groups in total. The Bertz CT molecular complexity index is 504. The fraction of sp³-hybridized carbons (Fsp3) is 0.286. The minimum atomic E-state index is -0.996. The van der Waals surface area contributed by atoms with Gasteiger partial charge in [-0.1, -0.05) is 17.7 Å². The number of esters is 1. The van der Waals surface area contributed by atoms with Crippen molar-refractivity contribution in [1.82, 2.24) is 0 Å². The number of ether oxygens (including phenoxy) is 1. The Kier molecular flexibility index (Phi) is 4.26. The molecule has 96 valence electrons. The van der Waals surface area contributed by atoms with Gasteiger partial charge in [0.2, 0.25) is 0 Å². The molecule has 0 heterocycles. The lowest BCUT2D eigenvalue weighted by Crippen LogP contribution is -2.13. The number of hydrogen-bond donors (Lipinski definition) is 1. The van der Waals surface area contributed by atoms with Gasteiger partial charge in [0.05, 0.1) is 7.11 Å². The normalized spacial score (nSPS) is 11.2. The molecular weight excluding hydrogens is 232 g/mol. The second kappa shape index (κ2) is 5.49. The van der Waals surface area contributed by atoms with Crippen LogP contribution in [0.3, 0.4) is 0 Å². The highest BCUT2D eigenvalue weighted by Crippen LogP contribution is 2.22. The van der Waals surface area contributed by atoms with Crippen molar-refractivity contribution in [3.05, 3.63) is 40.5 Å². The topological polar surface area (TPSA) is 63.6 Å². The first-order valence-electron chi connectivity index (χ1n) is 5.48. The Hall–Kier alpha value is -2.10. The van der Waals surface area contributed by atoms with Gasteiger partial charge in [0.1, 0.15) is 5.76 Å². The number of carbonyl (C=O) groups is 2.